The summed E-state index contributed by atoms with van der Waals surface area (Å²) in [7, 11) is 1.75. The van der Waals surface area contributed by atoms with Crippen molar-refractivity contribution in [3.05, 3.63) is 42.1 Å². The fraction of sp³-hybridized carbons (Fsp3) is 0.0909. The van der Waals surface area contributed by atoms with Gasteiger partial charge in [0.2, 0.25) is 0 Å². The van der Waals surface area contributed by atoms with Crippen molar-refractivity contribution < 1.29 is 4.79 Å². The Labute approximate surface area is 82.4 Å². The summed E-state index contributed by atoms with van der Waals surface area (Å²) in [6.45, 7) is 0. The van der Waals surface area contributed by atoms with E-state index in [1.54, 1.807) is 18.2 Å². The van der Waals surface area contributed by atoms with Gasteiger partial charge in [0.25, 0.3) is 5.91 Å². The number of anilines is 1. The van der Waals surface area contributed by atoms with Crippen LogP contribution in [0.3, 0.4) is 0 Å². The molecule has 0 aromatic heterocycles. The number of likely N-dealkylation sites (N-methyl/N-ethyl adjacent to an activating group) is 1. The van der Waals surface area contributed by atoms with Crippen LogP contribution in [-0.2, 0) is 4.79 Å². The monoisotopic (exact) mass is 186 g/mol. The Morgan fingerprint density at radius 3 is 2.93 bits per heavy atom. The molecule has 0 bridgehead atoms. The predicted octanol–water partition coefficient (Wildman–Crippen LogP) is 1.60. The van der Waals surface area contributed by atoms with Crippen LogP contribution in [0.25, 0.3) is 0 Å². The molecule has 70 valence electrons. The molecule has 1 aromatic carbocycles. The van der Waals surface area contributed by atoms with Gasteiger partial charge >= 0.3 is 0 Å². The molecule has 0 spiro atoms. The van der Waals surface area contributed by atoms with Gasteiger partial charge in [-0.25, -0.2) is 0 Å². The van der Waals surface area contributed by atoms with Crippen molar-refractivity contribution in [3.63, 3.8) is 0 Å². The Hall–Kier alpha value is -1.90. The Morgan fingerprint density at radius 2 is 2.07 bits per heavy atom. The zero-order valence-electron chi connectivity index (χ0n) is 7.84. The van der Waals surface area contributed by atoms with E-state index in [9.17, 15) is 4.79 Å². The maximum Gasteiger partial charge on any atom is 0.252 e. The quantitative estimate of drug-likeness (QED) is 0.605. The predicted molar refractivity (Wildman–Crippen MR) is 56.6 cm³/mol. The number of benzene rings is 1. The third-order valence-corrected chi connectivity index (χ3v) is 2.15. The molecule has 0 fully saturated rings. The average molecular weight is 186 g/mol. The van der Waals surface area contributed by atoms with Crippen molar-refractivity contribution in [2.45, 2.75) is 0 Å². The maximum absolute atomic E-state index is 11.5. The Bertz CT molecular complexity index is 421. The third kappa shape index (κ3) is 1.44. The first kappa shape index (κ1) is 8.69. The topological polar surface area (TPSA) is 32.7 Å². The molecule has 3 heteroatoms. The average Bonchev–Trinajstić information content (AvgIpc) is 2.22. The fourth-order valence-electron chi connectivity index (χ4n) is 1.36. The Balaban J connectivity index is 2.57. The second-order valence-electron chi connectivity index (χ2n) is 3.05. The molecule has 1 aromatic rings. The molecule has 0 radical (unpaired) electrons. The third-order valence-electron chi connectivity index (χ3n) is 2.15. The van der Waals surface area contributed by atoms with Gasteiger partial charge in [-0.3, -0.25) is 9.79 Å². The molecule has 1 amide bonds. The van der Waals surface area contributed by atoms with Crippen LogP contribution in [0.2, 0.25) is 0 Å². The first-order valence-electron chi connectivity index (χ1n) is 4.35. The minimum atomic E-state index is -0.0608. The van der Waals surface area contributed by atoms with Gasteiger partial charge in [0, 0.05) is 31.1 Å². The number of amides is 1. The number of aliphatic imine (C=N–C) groups is 1. The van der Waals surface area contributed by atoms with Crippen LogP contribution >= 0.6 is 0 Å². The molecule has 2 rings (SSSR count). The van der Waals surface area contributed by atoms with E-state index in [0.29, 0.717) is 0 Å². The normalized spacial score (nSPS) is 19.5. The molecule has 3 nitrogen and oxygen atoms in total. The number of carbonyl (C=O) groups is 1. The lowest BCUT2D eigenvalue weighted by molar-refractivity contribution is -0.113. The van der Waals surface area contributed by atoms with Gasteiger partial charge in [0.15, 0.2) is 0 Å². The van der Waals surface area contributed by atoms with Gasteiger partial charge in [-0.2, -0.15) is 0 Å². The molecule has 0 saturated heterocycles. The van der Waals surface area contributed by atoms with E-state index in [1.165, 1.54) is 12.3 Å². The highest BCUT2D eigenvalue weighted by Crippen LogP contribution is 2.18. The van der Waals surface area contributed by atoms with E-state index in [4.69, 9.17) is 0 Å². The number of hydrogen-bond acceptors (Lipinski definition) is 2. The zero-order valence-corrected chi connectivity index (χ0v) is 7.84. The summed E-state index contributed by atoms with van der Waals surface area (Å²) in [5, 5.41) is 0. The molecule has 1 aliphatic rings. The minimum Gasteiger partial charge on any atom is -0.311 e. The SMILES string of the molecule is CN1C(=O)/C=C\N=C/c2ccccc21. The van der Waals surface area contributed by atoms with Gasteiger partial charge in [0.05, 0.1) is 5.69 Å². The summed E-state index contributed by atoms with van der Waals surface area (Å²) in [5.74, 6) is -0.0608. The highest BCUT2D eigenvalue weighted by Gasteiger charge is 2.11. The van der Waals surface area contributed by atoms with Crippen LogP contribution in [0.15, 0.2) is 41.5 Å². The molecular formula is C11H10N2O. The smallest absolute Gasteiger partial charge is 0.252 e. The lowest BCUT2D eigenvalue weighted by Gasteiger charge is -2.18. The van der Waals surface area contributed by atoms with Crippen molar-refractivity contribution in [1.82, 2.24) is 0 Å². The van der Waals surface area contributed by atoms with Gasteiger partial charge < -0.3 is 4.90 Å². The molecule has 14 heavy (non-hydrogen) atoms. The molecule has 0 atom stereocenters. The first-order valence-corrected chi connectivity index (χ1v) is 4.35. The lowest BCUT2D eigenvalue weighted by atomic mass is 10.1. The second kappa shape index (κ2) is 3.46. The highest BCUT2D eigenvalue weighted by atomic mass is 16.2. The van der Waals surface area contributed by atoms with Crippen molar-refractivity contribution in [1.29, 1.82) is 0 Å². The standard InChI is InChI=1S/C11H10N2O/c1-13-10-5-3-2-4-9(10)8-12-7-6-11(13)14/h2-8H,1H3/b7-6-,12-8-. The molecule has 0 unspecified atom stereocenters. The summed E-state index contributed by atoms with van der Waals surface area (Å²) < 4.78 is 0. The van der Waals surface area contributed by atoms with E-state index >= 15 is 0 Å². The van der Waals surface area contributed by atoms with Gasteiger partial charge in [-0.05, 0) is 6.07 Å². The maximum atomic E-state index is 11.5. The zero-order chi connectivity index (χ0) is 9.97. The molecule has 1 aliphatic heterocycles. The Morgan fingerprint density at radius 1 is 1.29 bits per heavy atom. The molecule has 1 heterocycles. The van der Waals surface area contributed by atoms with Crippen LogP contribution < -0.4 is 4.90 Å². The highest BCUT2D eigenvalue weighted by molar-refractivity contribution is 6.05. The second-order valence-corrected chi connectivity index (χ2v) is 3.05. The molecule has 0 saturated carbocycles. The number of rotatable bonds is 0. The van der Waals surface area contributed by atoms with E-state index in [-0.39, 0.29) is 5.91 Å². The van der Waals surface area contributed by atoms with Gasteiger partial charge in [-0.1, -0.05) is 18.2 Å². The summed E-state index contributed by atoms with van der Waals surface area (Å²) in [5.41, 5.74) is 1.83. The number of fused-ring (bicyclic) bond motifs is 1. The van der Waals surface area contributed by atoms with Crippen LogP contribution in [0.4, 0.5) is 5.69 Å². The number of carbonyl (C=O) groups excluding carboxylic acids is 1. The molecule has 0 N–H and O–H groups in total. The van der Waals surface area contributed by atoms with E-state index in [2.05, 4.69) is 4.99 Å². The van der Waals surface area contributed by atoms with Crippen molar-refractivity contribution in [3.8, 4) is 0 Å². The molecule has 0 aliphatic carbocycles. The summed E-state index contributed by atoms with van der Waals surface area (Å²) in [6, 6.07) is 7.66. The summed E-state index contributed by atoms with van der Waals surface area (Å²) in [4.78, 5) is 17.1. The van der Waals surface area contributed by atoms with Crippen LogP contribution in [0.5, 0.6) is 0 Å². The van der Waals surface area contributed by atoms with Crippen molar-refractivity contribution in [2.75, 3.05) is 11.9 Å². The minimum absolute atomic E-state index is 0.0608. The van der Waals surface area contributed by atoms with Gasteiger partial charge in [-0.15, -0.1) is 0 Å². The van der Waals surface area contributed by atoms with Crippen LogP contribution in [-0.4, -0.2) is 19.2 Å². The lowest BCUT2D eigenvalue weighted by Crippen LogP contribution is -2.25. The van der Waals surface area contributed by atoms with E-state index < -0.39 is 0 Å². The summed E-state index contributed by atoms with van der Waals surface area (Å²) in [6.07, 6.45) is 4.70. The number of nitrogens with zero attached hydrogens (tertiary/aromatic N) is 2. The van der Waals surface area contributed by atoms with Crippen molar-refractivity contribution >= 4 is 17.8 Å². The first-order chi connectivity index (χ1) is 6.79. The van der Waals surface area contributed by atoms with Crippen LogP contribution in [0, 0.1) is 0 Å². The molecular weight excluding hydrogens is 176 g/mol. The fourth-order valence-corrected chi connectivity index (χ4v) is 1.36. The Kier molecular flexibility index (Phi) is 2.14. The largest absolute Gasteiger partial charge is 0.311 e. The number of hydrogen-bond donors (Lipinski definition) is 0. The van der Waals surface area contributed by atoms with E-state index in [1.807, 2.05) is 24.3 Å². The van der Waals surface area contributed by atoms with Crippen LogP contribution in [0.1, 0.15) is 5.56 Å². The van der Waals surface area contributed by atoms with Gasteiger partial charge in [0.1, 0.15) is 0 Å². The van der Waals surface area contributed by atoms with E-state index in [0.717, 1.165) is 11.3 Å². The van der Waals surface area contributed by atoms with Crippen molar-refractivity contribution in [2.24, 2.45) is 4.99 Å². The number of para-hydroxylation sites is 1. The summed E-state index contributed by atoms with van der Waals surface area (Å²) >= 11 is 0.